The molecule has 1 saturated heterocycles. The van der Waals surface area contributed by atoms with Crippen LogP contribution in [-0.2, 0) is 4.79 Å². The molecule has 2 rings (SSSR count). The molecular weight excluding hydrogens is 310 g/mol. The number of carboxylic acid groups (broad SMARTS) is 1. The summed E-state index contributed by atoms with van der Waals surface area (Å²) in [6.07, 6.45) is 2.81. The first-order valence-corrected chi connectivity index (χ1v) is 9.12. The van der Waals surface area contributed by atoms with Crippen molar-refractivity contribution in [2.24, 2.45) is 5.92 Å². The van der Waals surface area contributed by atoms with Crippen molar-refractivity contribution < 1.29 is 14.7 Å². The van der Waals surface area contributed by atoms with Gasteiger partial charge < -0.3 is 10.0 Å². The number of nitrogens with zero attached hydrogens (tertiary/aromatic N) is 1. The second-order valence-electron chi connectivity index (χ2n) is 6.35. The van der Waals surface area contributed by atoms with Gasteiger partial charge in [0.2, 0.25) is 0 Å². The van der Waals surface area contributed by atoms with Crippen molar-refractivity contribution in [3.63, 3.8) is 0 Å². The van der Waals surface area contributed by atoms with E-state index in [-0.39, 0.29) is 12.3 Å². The normalized spacial score (nSPS) is 18.2. The molecule has 0 bridgehead atoms. The Hall–Kier alpha value is -1.49. The van der Waals surface area contributed by atoms with E-state index in [1.807, 2.05) is 29.2 Å². The van der Waals surface area contributed by atoms with E-state index >= 15 is 0 Å². The highest BCUT2D eigenvalue weighted by Crippen LogP contribution is 2.29. The Kier molecular flexibility index (Phi) is 6.51. The van der Waals surface area contributed by atoms with E-state index in [2.05, 4.69) is 13.8 Å². The van der Waals surface area contributed by atoms with Crippen LogP contribution in [0.15, 0.2) is 29.2 Å². The molecule has 1 aromatic carbocycles. The summed E-state index contributed by atoms with van der Waals surface area (Å²) >= 11 is 1.71. The second-order valence-corrected chi connectivity index (χ2v) is 7.97. The standard InChI is InChI=1S/C18H25NO3S/c1-13(2)23-16-8-4-3-7-15(16)18(22)19-11-5-6-14(12-19)9-10-17(20)21/h3-4,7-8,13-14H,5-6,9-12H2,1-2H3,(H,20,21). The van der Waals surface area contributed by atoms with Crippen LogP contribution in [0.5, 0.6) is 0 Å². The van der Waals surface area contributed by atoms with Crippen molar-refractivity contribution in [1.82, 2.24) is 4.90 Å². The zero-order valence-electron chi connectivity index (χ0n) is 13.8. The summed E-state index contributed by atoms with van der Waals surface area (Å²) in [5.74, 6) is -0.380. The van der Waals surface area contributed by atoms with Crippen molar-refractivity contribution in [2.75, 3.05) is 13.1 Å². The Bertz CT molecular complexity index is 559. The molecule has 1 aliphatic rings. The highest BCUT2D eigenvalue weighted by atomic mass is 32.2. The fraction of sp³-hybridized carbons (Fsp3) is 0.556. The predicted octanol–water partition coefficient (Wildman–Crippen LogP) is 3.90. The van der Waals surface area contributed by atoms with Crippen molar-refractivity contribution in [3.8, 4) is 0 Å². The van der Waals surface area contributed by atoms with Crippen LogP contribution in [0.25, 0.3) is 0 Å². The topological polar surface area (TPSA) is 57.6 Å². The monoisotopic (exact) mass is 335 g/mol. The molecule has 0 saturated carbocycles. The number of piperidine rings is 1. The van der Waals surface area contributed by atoms with Crippen LogP contribution >= 0.6 is 11.8 Å². The van der Waals surface area contributed by atoms with Gasteiger partial charge in [0, 0.05) is 29.7 Å². The van der Waals surface area contributed by atoms with E-state index in [0.29, 0.717) is 24.1 Å². The van der Waals surface area contributed by atoms with Gasteiger partial charge in [0.1, 0.15) is 0 Å². The van der Waals surface area contributed by atoms with Crippen LogP contribution in [0.1, 0.15) is 49.9 Å². The summed E-state index contributed by atoms with van der Waals surface area (Å²) in [5.41, 5.74) is 0.769. The largest absolute Gasteiger partial charge is 0.481 e. The third-order valence-electron chi connectivity index (χ3n) is 4.05. The van der Waals surface area contributed by atoms with E-state index in [1.165, 1.54) is 0 Å². The quantitative estimate of drug-likeness (QED) is 0.801. The van der Waals surface area contributed by atoms with Crippen molar-refractivity contribution in [1.29, 1.82) is 0 Å². The summed E-state index contributed by atoms with van der Waals surface area (Å²) in [7, 11) is 0. The Balaban J connectivity index is 2.06. The van der Waals surface area contributed by atoms with Gasteiger partial charge in [0.05, 0.1) is 5.56 Å². The SMILES string of the molecule is CC(C)Sc1ccccc1C(=O)N1CCCC(CCC(=O)O)C1. The molecule has 1 aliphatic heterocycles. The number of likely N-dealkylation sites (tertiary alicyclic amines) is 1. The Morgan fingerprint density at radius 3 is 2.78 bits per heavy atom. The van der Waals surface area contributed by atoms with Crippen LogP contribution in [0.4, 0.5) is 0 Å². The lowest BCUT2D eigenvalue weighted by atomic mass is 9.93. The molecule has 126 valence electrons. The number of rotatable bonds is 6. The van der Waals surface area contributed by atoms with E-state index < -0.39 is 5.97 Å². The van der Waals surface area contributed by atoms with Crippen LogP contribution in [0.3, 0.4) is 0 Å². The molecule has 1 heterocycles. The zero-order chi connectivity index (χ0) is 16.8. The minimum absolute atomic E-state index is 0.0776. The van der Waals surface area contributed by atoms with Crippen LogP contribution in [0.2, 0.25) is 0 Å². The first-order valence-electron chi connectivity index (χ1n) is 8.24. The molecule has 1 N–H and O–H groups in total. The Labute approximate surface area is 142 Å². The molecule has 4 nitrogen and oxygen atoms in total. The van der Waals surface area contributed by atoms with Gasteiger partial charge in [-0.3, -0.25) is 9.59 Å². The number of thioether (sulfide) groups is 1. The highest BCUT2D eigenvalue weighted by molar-refractivity contribution is 8.00. The number of carbonyl (C=O) groups is 2. The lowest BCUT2D eigenvalue weighted by Crippen LogP contribution is -2.40. The molecule has 1 aromatic rings. The second kappa shape index (κ2) is 8.39. The van der Waals surface area contributed by atoms with Crippen LogP contribution in [-0.4, -0.2) is 40.2 Å². The molecule has 1 unspecified atom stereocenters. The maximum Gasteiger partial charge on any atom is 0.303 e. The van der Waals surface area contributed by atoms with Crippen LogP contribution < -0.4 is 0 Å². The van der Waals surface area contributed by atoms with Crippen molar-refractivity contribution >= 4 is 23.6 Å². The molecule has 0 aromatic heterocycles. The number of benzene rings is 1. The Morgan fingerprint density at radius 1 is 1.35 bits per heavy atom. The van der Waals surface area contributed by atoms with Gasteiger partial charge in [0.25, 0.3) is 5.91 Å². The lowest BCUT2D eigenvalue weighted by Gasteiger charge is -2.33. The summed E-state index contributed by atoms with van der Waals surface area (Å²) in [4.78, 5) is 26.6. The van der Waals surface area contributed by atoms with Crippen LogP contribution in [0, 0.1) is 5.92 Å². The molecule has 0 aliphatic carbocycles. The molecule has 0 spiro atoms. The zero-order valence-corrected chi connectivity index (χ0v) is 14.6. The minimum atomic E-state index is -0.757. The number of carboxylic acids is 1. The van der Waals surface area contributed by atoms with Crippen molar-refractivity contribution in [2.45, 2.75) is 49.7 Å². The third-order valence-corrected chi connectivity index (χ3v) is 5.13. The van der Waals surface area contributed by atoms with E-state index in [4.69, 9.17) is 5.11 Å². The summed E-state index contributed by atoms with van der Waals surface area (Å²) in [5, 5.41) is 9.26. The molecular formula is C18H25NO3S. The van der Waals surface area contributed by atoms with E-state index in [9.17, 15) is 9.59 Å². The van der Waals surface area contributed by atoms with Gasteiger partial charge >= 0.3 is 5.97 Å². The van der Waals surface area contributed by atoms with Gasteiger partial charge in [-0.05, 0) is 37.3 Å². The molecule has 1 atom stereocenters. The third kappa shape index (κ3) is 5.27. The fourth-order valence-electron chi connectivity index (χ4n) is 2.98. The number of aliphatic carboxylic acids is 1. The lowest BCUT2D eigenvalue weighted by molar-refractivity contribution is -0.137. The molecule has 23 heavy (non-hydrogen) atoms. The number of hydrogen-bond acceptors (Lipinski definition) is 3. The molecule has 0 radical (unpaired) electrons. The van der Waals surface area contributed by atoms with Gasteiger partial charge in [-0.1, -0.05) is 26.0 Å². The summed E-state index contributed by atoms with van der Waals surface area (Å²) < 4.78 is 0. The first kappa shape index (κ1) is 17.9. The van der Waals surface area contributed by atoms with Gasteiger partial charge in [-0.25, -0.2) is 0 Å². The number of amides is 1. The van der Waals surface area contributed by atoms with E-state index in [1.54, 1.807) is 11.8 Å². The first-order chi connectivity index (χ1) is 11.0. The average molecular weight is 335 g/mol. The van der Waals surface area contributed by atoms with Gasteiger partial charge in [-0.2, -0.15) is 0 Å². The maximum absolute atomic E-state index is 12.9. The number of hydrogen-bond donors (Lipinski definition) is 1. The smallest absolute Gasteiger partial charge is 0.303 e. The summed E-state index contributed by atoms with van der Waals surface area (Å²) in [6.45, 7) is 5.68. The average Bonchev–Trinajstić information content (AvgIpc) is 2.52. The minimum Gasteiger partial charge on any atom is -0.481 e. The maximum atomic E-state index is 12.9. The Morgan fingerprint density at radius 2 is 2.09 bits per heavy atom. The van der Waals surface area contributed by atoms with Gasteiger partial charge in [0.15, 0.2) is 0 Å². The van der Waals surface area contributed by atoms with E-state index in [0.717, 1.165) is 29.8 Å². The van der Waals surface area contributed by atoms with Gasteiger partial charge in [-0.15, -0.1) is 11.8 Å². The van der Waals surface area contributed by atoms with Crippen molar-refractivity contribution in [3.05, 3.63) is 29.8 Å². The number of carbonyl (C=O) groups excluding carboxylic acids is 1. The molecule has 1 fully saturated rings. The highest BCUT2D eigenvalue weighted by Gasteiger charge is 2.26. The molecule has 5 heteroatoms. The fourth-order valence-corrected chi connectivity index (χ4v) is 3.93. The summed E-state index contributed by atoms with van der Waals surface area (Å²) in [6, 6.07) is 7.77. The molecule has 1 amide bonds. The predicted molar refractivity (Wildman–Crippen MR) is 92.9 cm³/mol.